The Morgan fingerprint density at radius 1 is 0.750 bits per heavy atom. The van der Waals surface area contributed by atoms with Crippen molar-refractivity contribution < 1.29 is 32.4 Å². The summed E-state index contributed by atoms with van der Waals surface area (Å²) in [5, 5.41) is 10.9. The quantitative estimate of drug-likeness (QED) is 0.514. The Balaban J connectivity index is 3.31. The standard InChI is InChI=1S/C14H30NO7P2/c1-7-19-23(17,20-8-2)13(5)11-12-14(6,15(13)16)24(18,21-9-3)22-10-4/h7-12H2,1-6H3/t13-,14-/m0/s1. The lowest BCUT2D eigenvalue weighted by Crippen LogP contribution is -2.49. The zero-order chi connectivity index (χ0) is 18.6. The van der Waals surface area contributed by atoms with E-state index in [0.717, 1.165) is 0 Å². The molecule has 0 aromatic carbocycles. The summed E-state index contributed by atoms with van der Waals surface area (Å²) in [6.45, 7) is 10.4. The van der Waals surface area contributed by atoms with Crippen LogP contribution in [0.3, 0.4) is 0 Å². The Kier molecular flexibility index (Phi) is 7.68. The predicted octanol–water partition coefficient (Wildman–Crippen LogP) is 4.39. The molecule has 0 spiro atoms. The van der Waals surface area contributed by atoms with E-state index in [4.69, 9.17) is 18.1 Å². The number of hydroxylamine groups is 2. The van der Waals surface area contributed by atoms with Gasteiger partial charge in [0.1, 0.15) is 10.6 Å². The summed E-state index contributed by atoms with van der Waals surface area (Å²) >= 11 is 0. The molecule has 0 N–H and O–H groups in total. The van der Waals surface area contributed by atoms with E-state index in [1.165, 1.54) is 13.8 Å². The Morgan fingerprint density at radius 3 is 1.21 bits per heavy atom. The van der Waals surface area contributed by atoms with Gasteiger partial charge in [-0.1, -0.05) is 0 Å². The first-order chi connectivity index (χ1) is 11.1. The van der Waals surface area contributed by atoms with E-state index in [-0.39, 0.29) is 39.3 Å². The molecule has 0 unspecified atom stereocenters. The van der Waals surface area contributed by atoms with E-state index in [2.05, 4.69) is 0 Å². The van der Waals surface area contributed by atoms with Crippen LogP contribution in [0.5, 0.6) is 0 Å². The molecular weight excluding hydrogens is 356 g/mol. The summed E-state index contributed by atoms with van der Waals surface area (Å²) in [7, 11) is -7.48. The van der Waals surface area contributed by atoms with Gasteiger partial charge in [-0.15, -0.1) is 10.3 Å². The first-order valence-electron chi connectivity index (χ1n) is 8.36. The maximum atomic E-state index is 13.2. The van der Waals surface area contributed by atoms with Crippen molar-refractivity contribution in [1.29, 1.82) is 0 Å². The molecule has 0 aliphatic carbocycles. The molecule has 0 aromatic heterocycles. The smallest absolute Gasteiger partial charge is 0.308 e. The molecule has 1 aliphatic heterocycles. The van der Waals surface area contributed by atoms with Gasteiger partial charge in [0, 0.05) is 0 Å². The Morgan fingerprint density at radius 2 is 1.00 bits per heavy atom. The van der Waals surface area contributed by atoms with Crippen LogP contribution in [0.4, 0.5) is 0 Å². The minimum absolute atomic E-state index is 0.145. The zero-order valence-corrected chi connectivity index (χ0v) is 17.2. The van der Waals surface area contributed by atoms with Crippen molar-refractivity contribution in [3.63, 3.8) is 0 Å². The van der Waals surface area contributed by atoms with E-state index >= 15 is 0 Å². The third-order valence-electron chi connectivity index (χ3n) is 4.32. The topological polar surface area (TPSA) is 94.2 Å². The fourth-order valence-corrected chi connectivity index (χ4v) is 7.36. The normalized spacial score (nSPS) is 29.3. The molecule has 10 heteroatoms. The van der Waals surface area contributed by atoms with Crippen LogP contribution in [0.25, 0.3) is 0 Å². The molecule has 1 saturated heterocycles. The maximum absolute atomic E-state index is 13.2. The van der Waals surface area contributed by atoms with E-state index in [1.807, 2.05) is 0 Å². The molecule has 8 nitrogen and oxygen atoms in total. The molecular formula is C14H30NO7P2. The summed E-state index contributed by atoms with van der Waals surface area (Å²) in [5.74, 6) is 0. The largest absolute Gasteiger partial charge is 0.352 e. The lowest BCUT2D eigenvalue weighted by atomic mass is 10.2. The van der Waals surface area contributed by atoms with Crippen molar-refractivity contribution in [3.8, 4) is 0 Å². The molecule has 1 fully saturated rings. The lowest BCUT2D eigenvalue weighted by Gasteiger charge is -2.41. The van der Waals surface area contributed by atoms with Crippen LogP contribution in [-0.2, 0) is 32.4 Å². The van der Waals surface area contributed by atoms with Gasteiger partial charge in [-0.05, 0) is 54.4 Å². The maximum Gasteiger partial charge on any atom is 0.352 e. The highest BCUT2D eigenvalue weighted by atomic mass is 31.2. The monoisotopic (exact) mass is 386 g/mol. The van der Waals surface area contributed by atoms with Crippen molar-refractivity contribution >= 4 is 15.2 Å². The van der Waals surface area contributed by atoms with Crippen LogP contribution in [0.2, 0.25) is 0 Å². The number of hydrogen-bond acceptors (Lipinski definition) is 7. The highest BCUT2D eigenvalue weighted by molar-refractivity contribution is 7.56. The van der Waals surface area contributed by atoms with Gasteiger partial charge < -0.3 is 18.1 Å². The van der Waals surface area contributed by atoms with Crippen molar-refractivity contribution in [1.82, 2.24) is 5.06 Å². The summed E-state index contributed by atoms with van der Waals surface area (Å²) in [6, 6.07) is 0. The van der Waals surface area contributed by atoms with Crippen molar-refractivity contribution in [2.45, 2.75) is 64.9 Å². The Labute approximate surface area is 144 Å². The van der Waals surface area contributed by atoms with Crippen molar-refractivity contribution in [3.05, 3.63) is 0 Å². The van der Waals surface area contributed by atoms with E-state index in [0.29, 0.717) is 5.06 Å². The number of nitrogens with zero attached hydrogens (tertiary/aromatic N) is 1. The molecule has 0 aromatic rings. The minimum Gasteiger partial charge on any atom is -0.308 e. The average molecular weight is 386 g/mol. The van der Waals surface area contributed by atoms with Crippen LogP contribution in [-0.4, -0.2) is 42.1 Å². The van der Waals surface area contributed by atoms with Crippen LogP contribution in [0.1, 0.15) is 54.4 Å². The third kappa shape index (κ3) is 3.53. The molecule has 0 amide bonds. The van der Waals surface area contributed by atoms with Gasteiger partial charge in [0.05, 0.1) is 26.4 Å². The van der Waals surface area contributed by atoms with Gasteiger partial charge in [-0.25, -0.2) is 0 Å². The van der Waals surface area contributed by atoms with E-state index in [9.17, 15) is 14.3 Å². The summed E-state index contributed by atoms with van der Waals surface area (Å²) in [5.41, 5.74) is 0. The SMILES string of the molecule is CCOP(=O)(OCC)[C@@]1(C)CC[C@](C)(P(=O)(OCC)OCC)N1[O]. The first kappa shape index (κ1) is 22.3. The predicted molar refractivity (Wildman–Crippen MR) is 90.3 cm³/mol. The highest BCUT2D eigenvalue weighted by Crippen LogP contribution is 2.74. The van der Waals surface area contributed by atoms with Crippen LogP contribution < -0.4 is 0 Å². The Bertz CT molecular complexity index is 453. The van der Waals surface area contributed by atoms with E-state index < -0.39 is 25.8 Å². The molecule has 2 atom stereocenters. The first-order valence-corrected chi connectivity index (χ1v) is 11.4. The van der Waals surface area contributed by atoms with Gasteiger partial charge in [-0.2, -0.15) is 0 Å². The number of rotatable bonds is 10. The zero-order valence-electron chi connectivity index (χ0n) is 15.4. The van der Waals surface area contributed by atoms with Gasteiger partial charge in [-0.3, -0.25) is 9.13 Å². The van der Waals surface area contributed by atoms with E-state index in [1.54, 1.807) is 27.7 Å². The van der Waals surface area contributed by atoms with Gasteiger partial charge >= 0.3 is 15.2 Å². The van der Waals surface area contributed by atoms with Crippen molar-refractivity contribution in [2.75, 3.05) is 26.4 Å². The number of hydrogen-bond donors (Lipinski definition) is 0. The molecule has 1 aliphatic rings. The van der Waals surface area contributed by atoms with Crippen molar-refractivity contribution in [2.24, 2.45) is 0 Å². The minimum atomic E-state index is -3.74. The summed E-state index contributed by atoms with van der Waals surface area (Å²) in [6.07, 6.45) is 0.406. The fourth-order valence-electron chi connectivity index (χ4n) is 3.00. The third-order valence-corrected chi connectivity index (χ3v) is 9.89. The second-order valence-corrected chi connectivity index (χ2v) is 10.8. The van der Waals surface area contributed by atoms with Crippen LogP contribution >= 0.6 is 15.2 Å². The van der Waals surface area contributed by atoms with Crippen LogP contribution in [0, 0.1) is 0 Å². The summed E-state index contributed by atoms with van der Waals surface area (Å²) in [4.78, 5) is 0. The summed E-state index contributed by atoms with van der Waals surface area (Å²) < 4.78 is 47.9. The Hall–Kier alpha value is 0.220. The second kappa shape index (κ2) is 8.28. The molecule has 1 rings (SSSR count). The lowest BCUT2D eigenvalue weighted by molar-refractivity contribution is -0.220. The second-order valence-electron chi connectivity index (χ2n) is 5.89. The molecule has 0 saturated carbocycles. The van der Waals surface area contributed by atoms with Crippen LogP contribution in [0.15, 0.2) is 0 Å². The molecule has 1 heterocycles. The highest BCUT2D eigenvalue weighted by Gasteiger charge is 2.68. The molecule has 24 heavy (non-hydrogen) atoms. The molecule has 0 bridgehead atoms. The molecule has 143 valence electrons. The van der Waals surface area contributed by atoms with Gasteiger partial charge in [0.15, 0.2) is 0 Å². The van der Waals surface area contributed by atoms with Gasteiger partial charge in [0.25, 0.3) is 0 Å². The molecule has 1 radical (unpaired) electrons. The average Bonchev–Trinajstić information content (AvgIpc) is 2.76. The fraction of sp³-hybridized carbons (Fsp3) is 1.00. The van der Waals surface area contributed by atoms with Gasteiger partial charge in [0.2, 0.25) is 0 Å².